The molecule has 27 heavy (non-hydrogen) atoms. The summed E-state index contributed by atoms with van der Waals surface area (Å²) in [5.74, 6) is -1.68. The van der Waals surface area contributed by atoms with E-state index in [-0.39, 0.29) is 25.9 Å². The van der Waals surface area contributed by atoms with Gasteiger partial charge in [0.05, 0.1) is 65.9 Å². The van der Waals surface area contributed by atoms with E-state index < -0.39 is 17.8 Å². The normalized spacial score (nSPS) is 14.2. The molecule has 0 aliphatic carbocycles. The summed E-state index contributed by atoms with van der Waals surface area (Å²) in [6.07, 6.45) is 0.0959. The first kappa shape index (κ1) is 23.4. The zero-order valence-electron chi connectivity index (χ0n) is 15.8. The fraction of sp³-hybridized carbons (Fsp3) is 0.824. The number of ether oxygens (including phenoxy) is 5. The first-order valence-corrected chi connectivity index (χ1v) is 9.10. The standard InChI is InChI=1S/C17H29NO9/c1-2-22-7-8-24-11-12-26-14-13-25-10-9-23-6-5-17(21)27-18-15(19)3-4-16(18)20/h2-14H2,1H3. The second-order valence-corrected chi connectivity index (χ2v) is 5.44. The van der Waals surface area contributed by atoms with Crippen LogP contribution >= 0.6 is 0 Å². The SMILES string of the molecule is CCOCCOCCOCCOCCOCCC(=O)ON1C(=O)CCC1=O. The van der Waals surface area contributed by atoms with Crippen molar-refractivity contribution in [2.75, 3.05) is 66.1 Å². The molecule has 1 aliphatic rings. The van der Waals surface area contributed by atoms with Gasteiger partial charge in [0.2, 0.25) is 0 Å². The van der Waals surface area contributed by atoms with Crippen LogP contribution in [0, 0.1) is 0 Å². The molecule has 1 rings (SSSR count). The van der Waals surface area contributed by atoms with Gasteiger partial charge < -0.3 is 28.5 Å². The summed E-state index contributed by atoms with van der Waals surface area (Å²) in [6, 6.07) is 0. The van der Waals surface area contributed by atoms with Crippen molar-refractivity contribution < 1.29 is 42.9 Å². The van der Waals surface area contributed by atoms with Gasteiger partial charge in [0, 0.05) is 19.4 Å². The Morgan fingerprint density at radius 1 is 0.741 bits per heavy atom. The highest BCUT2D eigenvalue weighted by Crippen LogP contribution is 2.12. The Balaban J connectivity index is 1.80. The highest BCUT2D eigenvalue weighted by molar-refractivity contribution is 6.01. The van der Waals surface area contributed by atoms with Gasteiger partial charge >= 0.3 is 5.97 Å². The van der Waals surface area contributed by atoms with Gasteiger partial charge in [0.15, 0.2) is 0 Å². The fourth-order valence-corrected chi connectivity index (χ4v) is 1.98. The molecule has 0 spiro atoms. The van der Waals surface area contributed by atoms with Crippen molar-refractivity contribution in [2.24, 2.45) is 0 Å². The number of imide groups is 1. The number of hydroxylamine groups is 2. The summed E-state index contributed by atoms with van der Waals surface area (Å²) >= 11 is 0. The smallest absolute Gasteiger partial charge is 0.335 e. The van der Waals surface area contributed by atoms with Crippen LogP contribution in [0.2, 0.25) is 0 Å². The van der Waals surface area contributed by atoms with Crippen molar-refractivity contribution in [2.45, 2.75) is 26.2 Å². The van der Waals surface area contributed by atoms with Crippen molar-refractivity contribution in [1.29, 1.82) is 0 Å². The lowest BCUT2D eigenvalue weighted by Gasteiger charge is -2.12. The average Bonchev–Trinajstić information content (AvgIpc) is 2.97. The van der Waals surface area contributed by atoms with E-state index >= 15 is 0 Å². The number of carbonyl (C=O) groups excluding carboxylic acids is 3. The van der Waals surface area contributed by atoms with E-state index in [0.717, 1.165) is 0 Å². The second-order valence-electron chi connectivity index (χ2n) is 5.44. The van der Waals surface area contributed by atoms with E-state index in [1.54, 1.807) is 0 Å². The van der Waals surface area contributed by atoms with Crippen LogP contribution in [0.5, 0.6) is 0 Å². The monoisotopic (exact) mass is 391 g/mol. The number of amides is 2. The van der Waals surface area contributed by atoms with Crippen molar-refractivity contribution in [3.63, 3.8) is 0 Å². The van der Waals surface area contributed by atoms with Crippen LogP contribution in [0.3, 0.4) is 0 Å². The van der Waals surface area contributed by atoms with E-state index in [9.17, 15) is 14.4 Å². The molecule has 0 radical (unpaired) electrons. The van der Waals surface area contributed by atoms with Crippen LogP contribution in [-0.4, -0.2) is 88.9 Å². The molecule has 156 valence electrons. The molecule has 0 aromatic heterocycles. The molecule has 0 bridgehead atoms. The lowest BCUT2D eigenvalue weighted by molar-refractivity contribution is -0.198. The summed E-state index contributed by atoms with van der Waals surface area (Å²) in [5, 5.41) is 0.523. The van der Waals surface area contributed by atoms with Crippen molar-refractivity contribution in [1.82, 2.24) is 5.06 Å². The van der Waals surface area contributed by atoms with E-state index in [0.29, 0.717) is 64.5 Å². The van der Waals surface area contributed by atoms with Gasteiger partial charge in [-0.05, 0) is 6.92 Å². The molecule has 1 fully saturated rings. The zero-order chi connectivity index (χ0) is 19.7. The average molecular weight is 391 g/mol. The third kappa shape index (κ3) is 11.7. The zero-order valence-corrected chi connectivity index (χ0v) is 15.8. The summed E-state index contributed by atoms with van der Waals surface area (Å²) in [5.41, 5.74) is 0. The van der Waals surface area contributed by atoms with E-state index in [2.05, 4.69) is 0 Å². The third-order valence-corrected chi connectivity index (χ3v) is 3.34. The Hall–Kier alpha value is -1.59. The van der Waals surface area contributed by atoms with Gasteiger partial charge in [-0.3, -0.25) is 9.59 Å². The molecule has 0 saturated carbocycles. The van der Waals surface area contributed by atoms with Gasteiger partial charge in [-0.2, -0.15) is 0 Å². The minimum absolute atomic E-state index is 0.0521. The van der Waals surface area contributed by atoms with E-state index in [1.165, 1.54) is 0 Å². The Kier molecular flexibility index (Phi) is 13.4. The van der Waals surface area contributed by atoms with E-state index in [4.69, 9.17) is 28.5 Å². The highest BCUT2D eigenvalue weighted by Gasteiger charge is 2.32. The Morgan fingerprint density at radius 3 is 1.59 bits per heavy atom. The van der Waals surface area contributed by atoms with Crippen LogP contribution in [0.1, 0.15) is 26.2 Å². The number of hydrogen-bond acceptors (Lipinski definition) is 9. The van der Waals surface area contributed by atoms with Gasteiger partial charge in [0.25, 0.3) is 11.8 Å². The van der Waals surface area contributed by atoms with Gasteiger partial charge in [-0.1, -0.05) is 0 Å². The Labute approximate surface area is 158 Å². The van der Waals surface area contributed by atoms with Crippen molar-refractivity contribution >= 4 is 17.8 Å². The first-order valence-electron chi connectivity index (χ1n) is 9.10. The van der Waals surface area contributed by atoms with Crippen LogP contribution < -0.4 is 0 Å². The molecular formula is C17H29NO9. The number of rotatable bonds is 17. The maximum absolute atomic E-state index is 11.5. The van der Waals surface area contributed by atoms with E-state index in [1.807, 2.05) is 6.92 Å². The minimum Gasteiger partial charge on any atom is -0.379 e. The van der Waals surface area contributed by atoms with Crippen LogP contribution in [0.4, 0.5) is 0 Å². The molecule has 0 aromatic rings. The molecule has 0 atom stereocenters. The van der Waals surface area contributed by atoms with Crippen molar-refractivity contribution in [3.8, 4) is 0 Å². The number of carbonyl (C=O) groups is 3. The van der Waals surface area contributed by atoms with Gasteiger partial charge in [-0.25, -0.2) is 4.79 Å². The summed E-state index contributed by atoms with van der Waals surface area (Å²) < 4.78 is 26.3. The molecular weight excluding hydrogens is 362 g/mol. The van der Waals surface area contributed by atoms with Gasteiger partial charge in [-0.15, -0.1) is 5.06 Å². The maximum atomic E-state index is 11.5. The Morgan fingerprint density at radius 2 is 1.15 bits per heavy atom. The Bertz CT molecular complexity index is 428. The predicted octanol–water partition coefficient (Wildman–Crippen LogP) is 0.0866. The molecule has 1 aliphatic heterocycles. The molecule has 0 aromatic carbocycles. The van der Waals surface area contributed by atoms with Crippen LogP contribution in [0.25, 0.3) is 0 Å². The maximum Gasteiger partial charge on any atom is 0.335 e. The fourth-order valence-electron chi connectivity index (χ4n) is 1.98. The topological polar surface area (TPSA) is 110 Å². The lowest BCUT2D eigenvalue weighted by atomic mass is 10.4. The summed E-state index contributed by atoms with van der Waals surface area (Å²) in [4.78, 5) is 38.8. The highest BCUT2D eigenvalue weighted by atomic mass is 16.7. The first-order chi connectivity index (χ1) is 13.1. The molecule has 10 heteroatoms. The molecule has 0 unspecified atom stereocenters. The third-order valence-electron chi connectivity index (χ3n) is 3.34. The summed E-state index contributed by atoms with van der Waals surface area (Å²) in [6.45, 7) is 6.47. The molecule has 0 N–H and O–H groups in total. The van der Waals surface area contributed by atoms with Crippen LogP contribution in [-0.2, 0) is 42.9 Å². The number of hydrogen-bond donors (Lipinski definition) is 0. The molecule has 10 nitrogen and oxygen atoms in total. The minimum atomic E-state index is -0.684. The van der Waals surface area contributed by atoms with Crippen molar-refractivity contribution in [3.05, 3.63) is 0 Å². The summed E-state index contributed by atoms with van der Waals surface area (Å²) in [7, 11) is 0. The van der Waals surface area contributed by atoms with Gasteiger partial charge in [0.1, 0.15) is 0 Å². The second kappa shape index (κ2) is 15.5. The quantitative estimate of drug-likeness (QED) is 0.252. The molecule has 1 saturated heterocycles. The van der Waals surface area contributed by atoms with Crippen LogP contribution in [0.15, 0.2) is 0 Å². The molecule has 1 heterocycles. The predicted molar refractivity (Wildman–Crippen MR) is 91.6 cm³/mol. The molecule has 2 amide bonds. The largest absolute Gasteiger partial charge is 0.379 e. The lowest BCUT2D eigenvalue weighted by Crippen LogP contribution is -2.32. The number of nitrogens with zero attached hydrogens (tertiary/aromatic N) is 1.